The van der Waals surface area contributed by atoms with E-state index < -0.39 is 8.32 Å². The molecule has 0 aromatic heterocycles. The van der Waals surface area contributed by atoms with Gasteiger partial charge in [-0.2, -0.15) is 0 Å². The van der Waals surface area contributed by atoms with Gasteiger partial charge in [0.15, 0.2) is 8.32 Å². The van der Waals surface area contributed by atoms with E-state index in [-0.39, 0.29) is 9.76 Å². The maximum Gasteiger partial charge on any atom is 0.172 e. The zero-order chi connectivity index (χ0) is 8.04. The summed E-state index contributed by atoms with van der Waals surface area (Å²) in [6.07, 6.45) is 2.67. The molecular weight excluding hydrogens is 156 g/mol. The normalized spacial score (nSPS) is 13.2. The Balaban J connectivity index is 3.42. The van der Waals surface area contributed by atoms with E-state index in [4.69, 9.17) is 4.12 Å². The van der Waals surface area contributed by atoms with Crippen LogP contribution in [0.4, 0.5) is 0 Å². The van der Waals surface area contributed by atoms with Crippen molar-refractivity contribution in [1.29, 1.82) is 0 Å². The van der Waals surface area contributed by atoms with Crippen LogP contribution in [0.25, 0.3) is 0 Å². The van der Waals surface area contributed by atoms with Crippen LogP contribution in [0, 0.1) is 0 Å². The van der Waals surface area contributed by atoms with Crippen molar-refractivity contribution in [2.24, 2.45) is 0 Å². The maximum absolute atomic E-state index is 5.81. The zero-order valence-electron chi connectivity index (χ0n) is 7.74. The molecule has 0 aromatic carbocycles. The Kier molecular flexibility index (Phi) is 5.30. The molecule has 1 nitrogen and oxygen atoms in total. The summed E-state index contributed by atoms with van der Waals surface area (Å²) >= 11 is 0. The Labute approximate surface area is 68.2 Å². The van der Waals surface area contributed by atoms with Crippen molar-refractivity contribution in [3.05, 3.63) is 0 Å². The Morgan fingerprint density at radius 2 is 2.00 bits per heavy atom. The summed E-state index contributed by atoms with van der Waals surface area (Å²) < 4.78 is 5.81. The molecule has 0 amide bonds. The number of hydrogen-bond acceptors (Lipinski definition) is 1. The van der Waals surface area contributed by atoms with Gasteiger partial charge < -0.3 is 4.12 Å². The molecule has 0 aliphatic heterocycles. The highest BCUT2D eigenvalue weighted by atomic mass is 28.4. The molecule has 0 rings (SSSR count). The lowest BCUT2D eigenvalue weighted by Gasteiger charge is -2.21. The molecule has 0 atom stereocenters. The summed E-state index contributed by atoms with van der Waals surface area (Å²) in [4.78, 5) is 0. The second-order valence-electron chi connectivity index (χ2n) is 3.30. The minimum atomic E-state index is -1.16. The number of rotatable bonds is 5. The quantitative estimate of drug-likeness (QED) is 0.583. The van der Waals surface area contributed by atoms with Crippen LogP contribution >= 0.6 is 0 Å². The second-order valence-corrected chi connectivity index (χ2v) is 9.05. The minimum Gasteiger partial charge on any atom is -0.461 e. The molecule has 0 aliphatic carbocycles. The van der Waals surface area contributed by atoms with Crippen LogP contribution in [0.5, 0.6) is 0 Å². The molecule has 0 saturated carbocycles. The van der Waals surface area contributed by atoms with Crippen LogP contribution in [-0.2, 0) is 4.12 Å². The third-order valence-corrected chi connectivity index (χ3v) is 7.51. The lowest BCUT2D eigenvalue weighted by atomic mass is 10.4. The Hall–Kier alpha value is 0.394. The van der Waals surface area contributed by atoms with Gasteiger partial charge in [0.05, 0.1) is 0 Å². The molecular formula is C7H20OSi2. The molecule has 0 saturated heterocycles. The van der Waals surface area contributed by atoms with Crippen molar-refractivity contribution >= 4 is 18.1 Å². The van der Waals surface area contributed by atoms with Crippen molar-refractivity contribution in [3.8, 4) is 0 Å². The highest BCUT2D eigenvalue weighted by molar-refractivity contribution is 6.74. The summed E-state index contributed by atoms with van der Waals surface area (Å²) in [5, 5.41) is 0. The summed E-state index contributed by atoms with van der Waals surface area (Å²) in [5.41, 5.74) is 0. The molecule has 0 unspecified atom stereocenters. The fourth-order valence-corrected chi connectivity index (χ4v) is 5.97. The Morgan fingerprint density at radius 1 is 1.40 bits per heavy atom. The van der Waals surface area contributed by atoms with E-state index in [9.17, 15) is 0 Å². The van der Waals surface area contributed by atoms with E-state index in [2.05, 4.69) is 26.6 Å². The first-order chi connectivity index (χ1) is 4.62. The van der Waals surface area contributed by atoms with Gasteiger partial charge in [-0.25, -0.2) is 0 Å². The average molecular weight is 176 g/mol. The van der Waals surface area contributed by atoms with Crippen LogP contribution in [-0.4, -0.2) is 18.1 Å². The first kappa shape index (κ1) is 10.4. The molecule has 0 aromatic rings. The van der Waals surface area contributed by atoms with E-state index in [0.717, 1.165) is 0 Å². The van der Waals surface area contributed by atoms with Crippen molar-refractivity contribution in [1.82, 2.24) is 0 Å². The smallest absolute Gasteiger partial charge is 0.172 e. The van der Waals surface area contributed by atoms with Gasteiger partial charge in [-0.05, 0) is 19.1 Å². The van der Waals surface area contributed by atoms with Crippen LogP contribution in [0.1, 0.15) is 19.8 Å². The molecule has 0 fully saturated rings. The lowest BCUT2D eigenvalue weighted by molar-refractivity contribution is 0.583. The van der Waals surface area contributed by atoms with Gasteiger partial charge in [-0.15, -0.1) is 0 Å². The summed E-state index contributed by atoms with van der Waals surface area (Å²) in [5.74, 6) is 0. The molecule has 0 heterocycles. The van der Waals surface area contributed by atoms with Crippen molar-refractivity contribution in [2.75, 3.05) is 0 Å². The standard InChI is InChI=1S/C7H20OSi2/c1-5-6-7-10(3,4)8-9-2/h5-7,9H2,1-4H3. The first-order valence-electron chi connectivity index (χ1n) is 4.26. The van der Waals surface area contributed by atoms with Crippen molar-refractivity contribution in [3.63, 3.8) is 0 Å². The van der Waals surface area contributed by atoms with Gasteiger partial charge in [-0.3, -0.25) is 0 Å². The fourth-order valence-electron chi connectivity index (χ4n) is 1.07. The Bertz CT molecular complexity index is 83.7. The Morgan fingerprint density at radius 3 is 2.40 bits per heavy atom. The maximum atomic E-state index is 5.81. The topological polar surface area (TPSA) is 9.23 Å². The fraction of sp³-hybridized carbons (Fsp3) is 1.00. The van der Waals surface area contributed by atoms with E-state index in [1.165, 1.54) is 18.9 Å². The SMILES string of the molecule is CCCC[Si](C)(C)O[SiH2]C. The number of unbranched alkanes of at least 4 members (excludes halogenated alkanes) is 1. The third kappa shape index (κ3) is 5.20. The van der Waals surface area contributed by atoms with Gasteiger partial charge in [0.25, 0.3) is 0 Å². The van der Waals surface area contributed by atoms with E-state index in [1.54, 1.807) is 0 Å². The van der Waals surface area contributed by atoms with Crippen LogP contribution in [0.15, 0.2) is 0 Å². The summed E-state index contributed by atoms with van der Waals surface area (Å²) in [6.45, 7) is 9.13. The summed E-state index contributed by atoms with van der Waals surface area (Å²) in [6, 6.07) is 1.35. The predicted octanol–water partition coefficient (Wildman–Crippen LogP) is 2.14. The highest BCUT2D eigenvalue weighted by Gasteiger charge is 2.19. The third-order valence-electron chi connectivity index (χ3n) is 1.67. The van der Waals surface area contributed by atoms with Crippen LogP contribution < -0.4 is 0 Å². The van der Waals surface area contributed by atoms with E-state index in [0.29, 0.717) is 0 Å². The molecule has 3 heteroatoms. The van der Waals surface area contributed by atoms with Gasteiger partial charge in [0.1, 0.15) is 9.76 Å². The molecule has 0 radical (unpaired) electrons. The predicted molar refractivity (Wildman–Crippen MR) is 52.7 cm³/mol. The second kappa shape index (κ2) is 5.10. The van der Waals surface area contributed by atoms with Crippen LogP contribution in [0.3, 0.4) is 0 Å². The van der Waals surface area contributed by atoms with Gasteiger partial charge in [0, 0.05) is 0 Å². The molecule has 0 bridgehead atoms. The number of hydrogen-bond donors (Lipinski definition) is 0. The molecule has 0 aliphatic rings. The van der Waals surface area contributed by atoms with E-state index >= 15 is 0 Å². The monoisotopic (exact) mass is 176 g/mol. The van der Waals surface area contributed by atoms with E-state index in [1.807, 2.05) is 0 Å². The van der Waals surface area contributed by atoms with Gasteiger partial charge >= 0.3 is 0 Å². The largest absolute Gasteiger partial charge is 0.461 e. The van der Waals surface area contributed by atoms with Gasteiger partial charge in [0.2, 0.25) is 0 Å². The summed E-state index contributed by atoms with van der Waals surface area (Å²) in [7, 11) is -1.32. The average Bonchev–Trinajstić information content (AvgIpc) is 1.84. The van der Waals surface area contributed by atoms with Crippen molar-refractivity contribution in [2.45, 2.75) is 45.5 Å². The lowest BCUT2D eigenvalue weighted by Crippen LogP contribution is -2.30. The molecule has 0 N–H and O–H groups in total. The van der Waals surface area contributed by atoms with Crippen molar-refractivity contribution < 1.29 is 4.12 Å². The molecule has 62 valence electrons. The van der Waals surface area contributed by atoms with Gasteiger partial charge in [-0.1, -0.05) is 26.3 Å². The first-order valence-corrected chi connectivity index (χ1v) is 9.37. The van der Waals surface area contributed by atoms with Crippen LogP contribution in [0.2, 0.25) is 25.7 Å². The molecule has 0 spiro atoms. The minimum absolute atomic E-state index is 0.156. The highest BCUT2D eigenvalue weighted by Crippen LogP contribution is 2.13. The molecule has 10 heavy (non-hydrogen) atoms. The zero-order valence-corrected chi connectivity index (χ0v) is 10.2.